The topological polar surface area (TPSA) is 9.23 Å². The summed E-state index contributed by atoms with van der Waals surface area (Å²) in [4.78, 5) is 0. The minimum absolute atomic E-state index is 0.132. The molecule has 0 amide bonds. The minimum atomic E-state index is -0.446. The van der Waals surface area contributed by atoms with E-state index >= 15 is 0 Å². The number of hydrogen-bond acceptors (Lipinski definition) is 1. The highest BCUT2D eigenvalue weighted by Crippen LogP contribution is 2.58. The van der Waals surface area contributed by atoms with E-state index < -0.39 is 6.67 Å². The Morgan fingerprint density at radius 2 is 1.42 bits per heavy atom. The zero-order valence-electron chi connectivity index (χ0n) is 13.0. The molecule has 0 unspecified atom stereocenters. The van der Waals surface area contributed by atoms with Gasteiger partial charge in [-0.05, 0) is 27.7 Å². The van der Waals surface area contributed by atoms with Crippen LogP contribution in [-0.4, -0.2) is 23.6 Å². The van der Waals surface area contributed by atoms with E-state index in [9.17, 15) is 4.39 Å². The van der Waals surface area contributed by atoms with E-state index in [-0.39, 0.29) is 24.8 Å². The Bertz CT molecular complexity index is 373. The second-order valence-electron chi connectivity index (χ2n) is 6.71. The van der Waals surface area contributed by atoms with Crippen molar-refractivity contribution in [1.82, 2.24) is 0 Å². The average molecular weight is 284 g/mol. The molecule has 0 aliphatic rings. The summed E-state index contributed by atoms with van der Waals surface area (Å²) in [5, 5.41) is 1.90. The van der Waals surface area contributed by atoms with Crippen LogP contribution >= 0.6 is 7.92 Å². The fraction of sp³-hybridized carbons (Fsp3) is 0.625. The second kappa shape index (κ2) is 6.22. The lowest BCUT2D eigenvalue weighted by molar-refractivity contribution is 0.273. The molecule has 0 saturated heterocycles. The van der Waals surface area contributed by atoms with E-state index in [0.717, 1.165) is 5.75 Å². The van der Waals surface area contributed by atoms with Crippen molar-refractivity contribution in [2.24, 2.45) is 0 Å². The van der Waals surface area contributed by atoms with Crippen molar-refractivity contribution in [2.45, 2.75) is 51.9 Å². The minimum Gasteiger partial charge on any atom is -0.491 e. The van der Waals surface area contributed by atoms with Crippen molar-refractivity contribution >= 4 is 13.2 Å². The monoisotopic (exact) mass is 284 g/mol. The SMILES string of the molecule is CC(C)(C)P(c1ccc(OCCF)cc1)C(C)(C)C. The summed E-state index contributed by atoms with van der Waals surface area (Å²) in [6.07, 6.45) is 0. The fourth-order valence-corrected chi connectivity index (χ4v) is 6.64. The van der Waals surface area contributed by atoms with E-state index in [1.807, 2.05) is 12.1 Å². The van der Waals surface area contributed by atoms with Gasteiger partial charge in [-0.15, -0.1) is 0 Å². The van der Waals surface area contributed by atoms with Crippen LogP contribution < -0.4 is 10.0 Å². The van der Waals surface area contributed by atoms with Crippen molar-refractivity contribution in [3.8, 4) is 5.75 Å². The molecule has 1 rings (SSSR count). The van der Waals surface area contributed by atoms with Gasteiger partial charge >= 0.3 is 0 Å². The molecule has 3 heteroatoms. The maximum absolute atomic E-state index is 12.1. The van der Waals surface area contributed by atoms with Crippen molar-refractivity contribution in [3.63, 3.8) is 0 Å². The first kappa shape index (κ1) is 16.4. The fourth-order valence-electron chi connectivity index (χ4n) is 2.63. The maximum Gasteiger partial charge on any atom is 0.123 e. The molecule has 19 heavy (non-hydrogen) atoms. The smallest absolute Gasteiger partial charge is 0.123 e. The van der Waals surface area contributed by atoms with Crippen molar-refractivity contribution in [1.29, 1.82) is 0 Å². The van der Waals surface area contributed by atoms with Crippen LogP contribution in [0.1, 0.15) is 41.5 Å². The van der Waals surface area contributed by atoms with Crippen LogP contribution in [0.2, 0.25) is 0 Å². The van der Waals surface area contributed by atoms with Gasteiger partial charge in [0, 0.05) is 0 Å². The molecule has 1 aromatic rings. The van der Waals surface area contributed by atoms with Crippen molar-refractivity contribution < 1.29 is 9.13 Å². The summed E-state index contributed by atoms with van der Waals surface area (Å²) in [5.41, 5.74) is 0. The third-order valence-corrected chi connectivity index (χ3v) is 6.28. The molecular weight excluding hydrogens is 258 g/mol. The molecule has 0 aliphatic carbocycles. The van der Waals surface area contributed by atoms with Gasteiger partial charge in [0.05, 0.1) is 0 Å². The molecule has 0 bridgehead atoms. The van der Waals surface area contributed by atoms with E-state index in [1.165, 1.54) is 5.30 Å². The maximum atomic E-state index is 12.1. The summed E-state index contributed by atoms with van der Waals surface area (Å²) in [6, 6.07) is 8.18. The highest BCUT2D eigenvalue weighted by atomic mass is 31.1. The first-order valence-corrected chi connectivity index (χ1v) is 8.09. The summed E-state index contributed by atoms with van der Waals surface area (Å²) in [5.74, 6) is 0.749. The molecule has 0 aromatic heterocycles. The molecule has 0 saturated carbocycles. The Hall–Kier alpha value is -0.620. The molecule has 1 nitrogen and oxygen atoms in total. The second-order valence-corrected chi connectivity index (χ2v) is 10.6. The molecule has 0 heterocycles. The summed E-state index contributed by atoms with van der Waals surface area (Å²) in [6.45, 7) is 13.5. The zero-order valence-corrected chi connectivity index (χ0v) is 13.9. The number of ether oxygens (including phenoxy) is 1. The first-order chi connectivity index (χ1) is 8.66. The van der Waals surface area contributed by atoms with E-state index in [4.69, 9.17) is 4.74 Å². The molecule has 0 spiro atoms. The van der Waals surface area contributed by atoms with Gasteiger partial charge in [0.1, 0.15) is 19.0 Å². The van der Waals surface area contributed by atoms with Crippen molar-refractivity contribution in [2.75, 3.05) is 13.3 Å². The van der Waals surface area contributed by atoms with E-state index in [0.29, 0.717) is 0 Å². The molecule has 0 radical (unpaired) electrons. The van der Waals surface area contributed by atoms with Gasteiger partial charge in [-0.1, -0.05) is 61.6 Å². The number of hydrogen-bond donors (Lipinski definition) is 0. The summed E-state index contributed by atoms with van der Waals surface area (Å²) < 4.78 is 17.4. The molecule has 0 N–H and O–H groups in total. The standard InChI is InChI=1S/C16H26FOP/c1-15(2,3)19(16(4,5)6)14-9-7-13(8-10-14)18-12-11-17/h7-10H,11-12H2,1-6H3. The number of halogens is 1. The largest absolute Gasteiger partial charge is 0.491 e. The van der Waals surface area contributed by atoms with E-state index in [1.54, 1.807) is 0 Å². The zero-order chi connectivity index (χ0) is 14.7. The molecule has 0 atom stereocenters. The van der Waals surface area contributed by atoms with E-state index in [2.05, 4.69) is 53.7 Å². The lowest BCUT2D eigenvalue weighted by Crippen LogP contribution is -2.30. The van der Waals surface area contributed by atoms with Crippen LogP contribution in [0.5, 0.6) is 5.75 Å². The third-order valence-electron chi connectivity index (χ3n) is 2.78. The van der Waals surface area contributed by atoms with Gasteiger partial charge in [-0.2, -0.15) is 0 Å². The number of alkyl halides is 1. The highest BCUT2D eigenvalue weighted by Gasteiger charge is 2.35. The molecule has 0 aliphatic heterocycles. The predicted molar refractivity (Wildman–Crippen MR) is 84.0 cm³/mol. The quantitative estimate of drug-likeness (QED) is 0.726. The van der Waals surface area contributed by atoms with Crippen LogP contribution in [0.15, 0.2) is 24.3 Å². The average Bonchev–Trinajstić information content (AvgIpc) is 2.24. The Morgan fingerprint density at radius 1 is 0.947 bits per heavy atom. The normalized spacial score (nSPS) is 12.8. The molecule has 108 valence electrons. The first-order valence-electron chi connectivity index (χ1n) is 6.75. The Kier molecular flexibility index (Phi) is 5.38. The van der Waals surface area contributed by atoms with Crippen LogP contribution in [0.4, 0.5) is 4.39 Å². The van der Waals surface area contributed by atoms with Gasteiger partial charge in [0.2, 0.25) is 0 Å². The Labute approximate surface area is 118 Å². The molecule has 1 aromatic carbocycles. The highest BCUT2D eigenvalue weighted by molar-refractivity contribution is 7.68. The number of benzene rings is 1. The Morgan fingerprint density at radius 3 is 1.79 bits per heavy atom. The van der Waals surface area contributed by atoms with Gasteiger partial charge in [-0.25, -0.2) is 4.39 Å². The lowest BCUT2D eigenvalue weighted by atomic mass is 10.2. The predicted octanol–water partition coefficient (Wildman–Crippen LogP) is 4.74. The molecule has 0 fully saturated rings. The lowest BCUT2D eigenvalue weighted by Gasteiger charge is -2.41. The van der Waals surface area contributed by atoms with Crippen LogP contribution in [0, 0.1) is 0 Å². The molecular formula is C16H26FOP. The number of rotatable bonds is 4. The van der Waals surface area contributed by atoms with Crippen LogP contribution in [0.3, 0.4) is 0 Å². The Balaban J connectivity index is 2.99. The summed E-state index contributed by atoms with van der Waals surface area (Å²) in [7, 11) is -0.293. The van der Waals surface area contributed by atoms with Crippen LogP contribution in [-0.2, 0) is 0 Å². The van der Waals surface area contributed by atoms with Gasteiger partial charge < -0.3 is 4.74 Å². The van der Waals surface area contributed by atoms with Gasteiger partial charge in [0.15, 0.2) is 0 Å². The van der Waals surface area contributed by atoms with Crippen molar-refractivity contribution in [3.05, 3.63) is 24.3 Å². The van der Waals surface area contributed by atoms with Gasteiger partial charge in [0.25, 0.3) is 0 Å². The van der Waals surface area contributed by atoms with Gasteiger partial charge in [-0.3, -0.25) is 0 Å². The summed E-state index contributed by atoms with van der Waals surface area (Å²) >= 11 is 0. The van der Waals surface area contributed by atoms with Crippen LogP contribution in [0.25, 0.3) is 0 Å². The third kappa shape index (κ3) is 4.76.